The van der Waals surface area contributed by atoms with Crippen LogP contribution in [-0.2, 0) is 6.42 Å². The van der Waals surface area contributed by atoms with Gasteiger partial charge in [0.2, 0.25) is 5.95 Å². The van der Waals surface area contributed by atoms with Crippen LogP contribution >= 0.6 is 11.8 Å². The van der Waals surface area contributed by atoms with Gasteiger partial charge in [0.1, 0.15) is 10.8 Å². The minimum absolute atomic E-state index is 0.370. The van der Waals surface area contributed by atoms with Crippen molar-refractivity contribution < 1.29 is 4.74 Å². The van der Waals surface area contributed by atoms with Crippen molar-refractivity contribution in [1.82, 2.24) is 24.9 Å². The van der Waals surface area contributed by atoms with Crippen LogP contribution in [0.1, 0.15) is 36.8 Å². The number of hydrogen-bond donors (Lipinski definition) is 1. The lowest BCUT2D eigenvalue weighted by Crippen LogP contribution is -2.42. The van der Waals surface area contributed by atoms with E-state index in [1.807, 2.05) is 6.07 Å². The van der Waals surface area contributed by atoms with Crippen LogP contribution in [0.3, 0.4) is 0 Å². The SMILES string of the molecule is COc1ccncc1Sc1cnc2nc(N3CCC4(CC3)Cc3ccccc3[C@H]4C)[nH]c2n1. The summed E-state index contributed by atoms with van der Waals surface area (Å²) >= 11 is 1.48. The normalized spacial score (nSPS) is 19.2. The average molecular weight is 459 g/mol. The van der Waals surface area contributed by atoms with Crippen LogP contribution < -0.4 is 9.64 Å². The van der Waals surface area contributed by atoms with Crippen molar-refractivity contribution in [2.24, 2.45) is 5.41 Å². The molecule has 168 valence electrons. The molecule has 6 rings (SSSR count). The number of H-pyrrole nitrogens is 1. The summed E-state index contributed by atoms with van der Waals surface area (Å²) in [6.45, 7) is 4.40. The van der Waals surface area contributed by atoms with E-state index in [4.69, 9.17) is 14.7 Å². The molecule has 0 unspecified atom stereocenters. The number of aromatic nitrogens is 5. The molecule has 1 fully saturated rings. The Morgan fingerprint density at radius 3 is 2.79 bits per heavy atom. The van der Waals surface area contributed by atoms with E-state index in [2.05, 4.69) is 51.0 Å². The van der Waals surface area contributed by atoms with Crippen molar-refractivity contribution in [3.63, 3.8) is 0 Å². The first-order valence-corrected chi connectivity index (χ1v) is 12.2. The van der Waals surface area contributed by atoms with Gasteiger partial charge in [-0.15, -0.1) is 0 Å². The predicted molar refractivity (Wildman–Crippen MR) is 129 cm³/mol. The van der Waals surface area contributed by atoms with Gasteiger partial charge in [-0.05, 0) is 47.8 Å². The Morgan fingerprint density at radius 2 is 1.97 bits per heavy atom. The van der Waals surface area contributed by atoms with Gasteiger partial charge in [0, 0.05) is 25.5 Å². The van der Waals surface area contributed by atoms with Crippen molar-refractivity contribution in [2.45, 2.75) is 42.0 Å². The molecule has 7 nitrogen and oxygen atoms in total. The Balaban J connectivity index is 1.19. The Morgan fingerprint density at radius 1 is 1.12 bits per heavy atom. The van der Waals surface area contributed by atoms with Gasteiger partial charge in [-0.2, -0.15) is 4.98 Å². The first-order chi connectivity index (χ1) is 16.1. The number of nitrogens with zero attached hydrogens (tertiary/aromatic N) is 5. The second kappa shape index (κ2) is 8.02. The Hall–Kier alpha value is -3.13. The standard InChI is InChI=1S/C25H26N6OS/c1-16-18-6-4-3-5-17(18)13-25(16)8-11-31(12-9-25)24-29-22-23(30-24)28-21(15-27-22)33-20-14-26-10-7-19(20)32-2/h3-7,10,14-16H,8-9,11-13H2,1-2H3,(H,27,28,29,30)/t16-/m1/s1. The molecule has 2 aliphatic rings. The van der Waals surface area contributed by atoms with Crippen LogP contribution in [0.15, 0.2) is 58.8 Å². The zero-order chi connectivity index (χ0) is 22.4. The van der Waals surface area contributed by atoms with E-state index < -0.39 is 0 Å². The molecule has 3 aromatic heterocycles. The highest BCUT2D eigenvalue weighted by molar-refractivity contribution is 7.99. The van der Waals surface area contributed by atoms with Crippen molar-refractivity contribution in [2.75, 3.05) is 25.1 Å². The molecule has 1 spiro atoms. The predicted octanol–water partition coefficient (Wildman–Crippen LogP) is 4.85. The summed E-state index contributed by atoms with van der Waals surface area (Å²) in [5, 5.41) is 0.777. The number of aromatic amines is 1. The van der Waals surface area contributed by atoms with Gasteiger partial charge in [0.05, 0.1) is 18.2 Å². The first kappa shape index (κ1) is 20.5. The highest BCUT2D eigenvalue weighted by Crippen LogP contribution is 2.53. The van der Waals surface area contributed by atoms with E-state index in [1.165, 1.54) is 36.6 Å². The second-order valence-corrected chi connectivity index (χ2v) is 10.1. The lowest BCUT2D eigenvalue weighted by Gasteiger charge is -2.42. The minimum atomic E-state index is 0.370. The molecule has 0 bridgehead atoms. The van der Waals surface area contributed by atoms with Crippen molar-refractivity contribution >= 4 is 29.0 Å². The summed E-state index contributed by atoms with van der Waals surface area (Å²) in [6, 6.07) is 10.8. The van der Waals surface area contributed by atoms with Crippen molar-refractivity contribution in [3.05, 3.63) is 60.0 Å². The van der Waals surface area contributed by atoms with E-state index in [0.29, 0.717) is 22.6 Å². The summed E-state index contributed by atoms with van der Waals surface area (Å²) in [5.74, 6) is 2.25. The molecule has 1 saturated heterocycles. The number of rotatable bonds is 4. The first-order valence-electron chi connectivity index (χ1n) is 11.4. The molecule has 0 saturated carbocycles. The number of ether oxygens (including phenoxy) is 1. The molecule has 1 atom stereocenters. The number of nitrogens with one attached hydrogen (secondary N) is 1. The van der Waals surface area contributed by atoms with Gasteiger partial charge in [0.25, 0.3) is 0 Å². The van der Waals surface area contributed by atoms with Gasteiger partial charge < -0.3 is 14.6 Å². The molecule has 1 aromatic carbocycles. The fourth-order valence-corrected chi connectivity index (χ4v) is 6.28. The van der Waals surface area contributed by atoms with Crippen LogP contribution in [0, 0.1) is 5.41 Å². The number of hydrogen-bond acceptors (Lipinski definition) is 7. The van der Waals surface area contributed by atoms with Gasteiger partial charge in [-0.25, -0.2) is 9.97 Å². The van der Waals surface area contributed by atoms with Gasteiger partial charge in [-0.1, -0.05) is 43.0 Å². The molecule has 1 aliphatic heterocycles. The lowest BCUT2D eigenvalue weighted by atomic mass is 9.70. The van der Waals surface area contributed by atoms with E-state index in [9.17, 15) is 0 Å². The second-order valence-electron chi connectivity index (χ2n) is 9.02. The quantitative estimate of drug-likeness (QED) is 0.468. The lowest BCUT2D eigenvalue weighted by molar-refractivity contribution is 0.193. The summed E-state index contributed by atoms with van der Waals surface area (Å²) in [6.07, 6.45) is 8.78. The van der Waals surface area contributed by atoms with Crippen LogP contribution in [0.25, 0.3) is 11.3 Å². The van der Waals surface area contributed by atoms with Gasteiger partial charge in [-0.3, -0.25) is 4.98 Å². The highest BCUT2D eigenvalue weighted by atomic mass is 32.2. The molecular formula is C25H26N6OS. The smallest absolute Gasteiger partial charge is 0.206 e. The monoisotopic (exact) mass is 458 g/mol. The summed E-state index contributed by atoms with van der Waals surface area (Å²) in [7, 11) is 1.66. The molecule has 1 N–H and O–H groups in total. The molecule has 8 heteroatoms. The maximum absolute atomic E-state index is 5.42. The van der Waals surface area contributed by atoms with E-state index in [-0.39, 0.29) is 0 Å². The topological polar surface area (TPSA) is 79.8 Å². The third kappa shape index (κ3) is 3.53. The number of benzene rings is 1. The zero-order valence-corrected chi connectivity index (χ0v) is 19.6. The van der Waals surface area contributed by atoms with Gasteiger partial charge >= 0.3 is 0 Å². The van der Waals surface area contributed by atoms with E-state index in [1.54, 1.807) is 31.3 Å². The number of fused-ring (bicyclic) bond motifs is 2. The van der Waals surface area contributed by atoms with Gasteiger partial charge in [0.15, 0.2) is 11.3 Å². The van der Waals surface area contributed by atoms with Crippen LogP contribution in [0.4, 0.5) is 5.95 Å². The molecule has 4 aromatic rings. The van der Waals surface area contributed by atoms with Crippen molar-refractivity contribution in [1.29, 1.82) is 0 Å². The summed E-state index contributed by atoms with van der Waals surface area (Å²) in [4.78, 5) is 24.9. The largest absolute Gasteiger partial charge is 0.495 e. The molecule has 33 heavy (non-hydrogen) atoms. The Labute approximate surface area is 197 Å². The third-order valence-electron chi connectivity index (χ3n) is 7.40. The zero-order valence-electron chi connectivity index (χ0n) is 18.8. The van der Waals surface area contributed by atoms with Crippen molar-refractivity contribution in [3.8, 4) is 5.75 Å². The maximum atomic E-state index is 5.42. The van der Waals surface area contributed by atoms with Crippen LogP contribution in [-0.4, -0.2) is 45.1 Å². The van der Waals surface area contributed by atoms with E-state index in [0.717, 1.165) is 34.7 Å². The molecular weight excluding hydrogens is 432 g/mol. The molecule has 0 amide bonds. The minimum Gasteiger partial charge on any atom is -0.495 e. The fraction of sp³-hybridized carbons (Fsp3) is 0.360. The molecule has 0 radical (unpaired) electrons. The average Bonchev–Trinajstić information content (AvgIpc) is 3.39. The number of pyridine rings is 1. The third-order valence-corrected chi connectivity index (χ3v) is 8.33. The number of piperidine rings is 1. The molecule has 4 heterocycles. The highest BCUT2D eigenvalue weighted by Gasteiger charge is 2.45. The van der Waals surface area contributed by atoms with E-state index >= 15 is 0 Å². The maximum Gasteiger partial charge on any atom is 0.206 e. The molecule has 1 aliphatic carbocycles. The summed E-state index contributed by atoms with van der Waals surface area (Å²) < 4.78 is 5.42. The summed E-state index contributed by atoms with van der Waals surface area (Å²) in [5.41, 5.74) is 4.80. The van der Waals surface area contributed by atoms with Crippen LogP contribution in [0.2, 0.25) is 0 Å². The Kier molecular flexibility index (Phi) is 4.98. The number of imidazole rings is 1. The number of methoxy groups -OCH3 is 1. The number of anilines is 1. The fourth-order valence-electron chi connectivity index (χ4n) is 5.44. The van der Waals surface area contributed by atoms with Crippen LogP contribution in [0.5, 0.6) is 5.75 Å². The Bertz CT molecular complexity index is 1310.